The normalized spacial score (nSPS) is 32.4. The van der Waals surface area contributed by atoms with Crippen molar-refractivity contribution < 1.29 is 9.50 Å². The molecule has 0 spiro atoms. The van der Waals surface area contributed by atoms with E-state index in [2.05, 4.69) is 58.8 Å². The summed E-state index contributed by atoms with van der Waals surface area (Å²) in [4.78, 5) is 9.50. The van der Waals surface area contributed by atoms with Gasteiger partial charge in [-0.25, -0.2) is 4.39 Å². The first-order chi connectivity index (χ1) is 17.3. The van der Waals surface area contributed by atoms with Crippen molar-refractivity contribution in [3.63, 3.8) is 0 Å². The zero-order chi connectivity index (χ0) is 25.4. The zero-order valence-corrected chi connectivity index (χ0v) is 22.2. The van der Waals surface area contributed by atoms with Gasteiger partial charge in [-0.05, 0) is 76.4 Å². The minimum atomic E-state index is -0.629. The number of anilines is 1. The van der Waals surface area contributed by atoms with E-state index in [4.69, 9.17) is 5.73 Å². The third kappa shape index (κ3) is 5.21. The Bertz CT molecular complexity index is 972. The smallest absolute Gasteiger partial charge is 0.128 e. The lowest BCUT2D eigenvalue weighted by molar-refractivity contribution is 0.0568. The van der Waals surface area contributed by atoms with E-state index in [0.717, 1.165) is 45.0 Å². The van der Waals surface area contributed by atoms with Crippen molar-refractivity contribution in [3.8, 4) is 0 Å². The zero-order valence-electron chi connectivity index (χ0n) is 22.2. The van der Waals surface area contributed by atoms with Crippen LogP contribution in [0.15, 0.2) is 42.1 Å². The number of halogens is 1. The van der Waals surface area contributed by atoms with Gasteiger partial charge in [-0.15, -0.1) is 0 Å². The first-order valence-electron chi connectivity index (χ1n) is 13.9. The monoisotopic (exact) mass is 497 g/mol. The van der Waals surface area contributed by atoms with Crippen LogP contribution in [0.3, 0.4) is 0 Å². The summed E-state index contributed by atoms with van der Waals surface area (Å²) in [6, 6.07) is 6.56. The molecular weight excluding hydrogens is 453 g/mol. The fourth-order valence-corrected chi connectivity index (χ4v) is 6.78. The fraction of sp³-hybridized carbons (Fsp3) is 0.655. The summed E-state index contributed by atoms with van der Waals surface area (Å²) in [5, 5.41) is 11.0. The maximum absolute atomic E-state index is 15.5. The lowest BCUT2D eigenvalue weighted by atomic mass is 9.76. The summed E-state index contributed by atoms with van der Waals surface area (Å²) < 4.78 is 15.5. The minimum Gasteiger partial charge on any atom is -0.392 e. The number of nitrogens with zero attached hydrogens (tertiary/aromatic N) is 4. The Morgan fingerprint density at radius 3 is 2.53 bits per heavy atom. The van der Waals surface area contributed by atoms with Gasteiger partial charge in [0.15, 0.2) is 0 Å². The molecule has 198 valence electrons. The number of aliphatic hydroxyl groups excluding tert-OH is 1. The highest BCUT2D eigenvalue weighted by Crippen LogP contribution is 2.38. The molecule has 3 heterocycles. The molecule has 0 bridgehead atoms. The third-order valence-electron chi connectivity index (χ3n) is 9.03. The summed E-state index contributed by atoms with van der Waals surface area (Å²) in [6.07, 6.45) is 9.68. The molecule has 1 saturated carbocycles. The molecule has 0 aromatic heterocycles. The predicted molar refractivity (Wildman–Crippen MR) is 145 cm³/mol. The molecule has 7 heteroatoms. The Kier molecular flexibility index (Phi) is 7.73. The van der Waals surface area contributed by atoms with E-state index in [0.29, 0.717) is 30.5 Å². The number of nitrogens with two attached hydrogens (primary N) is 1. The summed E-state index contributed by atoms with van der Waals surface area (Å²) in [5.74, 6) is -0.460. The van der Waals surface area contributed by atoms with Gasteiger partial charge >= 0.3 is 0 Å². The molecule has 0 amide bonds. The van der Waals surface area contributed by atoms with Crippen molar-refractivity contribution in [1.82, 2.24) is 14.7 Å². The van der Waals surface area contributed by atoms with Gasteiger partial charge in [-0.2, -0.15) is 0 Å². The van der Waals surface area contributed by atoms with Crippen LogP contribution >= 0.6 is 0 Å². The summed E-state index contributed by atoms with van der Waals surface area (Å²) in [5.41, 5.74) is 9.49. The van der Waals surface area contributed by atoms with E-state index in [1.165, 1.54) is 18.4 Å². The molecule has 5 atom stereocenters. The standard InChI is InChI=1S/C29H44FN5O/c1-20(2)33-12-14-34(15-13-33)22-8-9-23(25(30)16-22)24-17-28(26(31)18-29(24)36)35-11-4-6-21(19-35)27-7-5-10-32(27)3/h4,6,8-9,16,19-20,24,26-29,36H,5,7,10-15,17-18,31H2,1-3H3/t24?,26?,27?,28-,29-/m1/s1. The van der Waals surface area contributed by atoms with Crippen molar-refractivity contribution in [2.75, 3.05) is 51.2 Å². The number of likely N-dealkylation sites (N-methyl/N-ethyl adjacent to an activating group) is 1. The van der Waals surface area contributed by atoms with Crippen molar-refractivity contribution in [2.24, 2.45) is 5.73 Å². The summed E-state index contributed by atoms with van der Waals surface area (Å²) >= 11 is 0. The van der Waals surface area contributed by atoms with Gasteiger partial charge in [0.25, 0.3) is 0 Å². The number of aliphatic hydroxyl groups is 1. The van der Waals surface area contributed by atoms with Gasteiger partial charge in [0.2, 0.25) is 0 Å². The third-order valence-corrected chi connectivity index (χ3v) is 9.03. The highest BCUT2D eigenvalue weighted by atomic mass is 19.1. The molecule has 4 aliphatic rings. The maximum Gasteiger partial charge on any atom is 0.128 e. The SMILES string of the molecule is CC(C)N1CCN(c2ccc(C3C[C@@H](N4C=C(C5CCCN5C)C=CC4)C(N)C[C@H]3O)c(F)c2)CC1. The largest absolute Gasteiger partial charge is 0.392 e. The van der Waals surface area contributed by atoms with Crippen molar-refractivity contribution >= 4 is 5.69 Å². The van der Waals surface area contributed by atoms with E-state index in [-0.39, 0.29) is 23.8 Å². The van der Waals surface area contributed by atoms with E-state index >= 15 is 4.39 Å². The van der Waals surface area contributed by atoms with Gasteiger partial charge in [0, 0.05) is 74.7 Å². The van der Waals surface area contributed by atoms with Crippen LogP contribution in [0.5, 0.6) is 0 Å². The lowest BCUT2D eigenvalue weighted by Crippen LogP contribution is -2.53. The summed E-state index contributed by atoms with van der Waals surface area (Å²) in [6.45, 7) is 10.2. The molecule has 1 aromatic carbocycles. The number of hydrogen-bond donors (Lipinski definition) is 2. The Morgan fingerprint density at radius 2 is 1.86 bits per heavy atom. The average Bonchev–Trinajstić information content (AvgIpc) is 3.30. The summed E-state index contributed by atoms with van der Waals surface area (Å²) in [7, 11) is 2.20. The van der Waals surface area contributed by atoms with Gasteiger partial charge in [0.1, 0.15) is 5.82 Å². The van der Waals surface area contributed by atoms with Gasteiger partial charge < -0.3 is 20.6 Å². The Hall–Kier alpha value is -1.93. The molecule has 1 aliphatic carbocycles. The van der Waals surface area contributed by atoms with Crippen molar-refractivity contribution in [2.45, 2.75) is 75.7 Å². The van der Waals surface area contributed by atoms with Gasteiger partial charge in [-0.1, -0.05) is 18.2 Å². The molecule has 3 fully saturated rings. The van der Waals surface area contributed by atoms with Crippen LogP contribution in [0.1, 0.15) is 51.0 Å². The van der Waals surface area contributed by atoms with Crippen LogP contribution in [-0.2, 0) is 0 Å². The highest BCUT2D eigenvalue weighted by Gasteiger charge is 2.39. The second kappa shape index (κ2) is 10.8. The molecule has 3 unspecified atom stereocenters. The quantitative estimate of drug-likeness (QED) is 0.652. The molecule has 0 radical (unpaired) electrons. The number of likely N-dealkylation sites (tertiary alicyclic amines) is 1. The number of rotatable bonds is 5. The molecule has 1 aromatic rings. The second-order valence-electron chi connectivity index (χ2n) is 11.6. The van der Waals surface area contributed by atoms with Crippen LogP contribution in [0.4, 0.5) is 10.1 Å². The molecule has 6 nitrogen and oxygen atoms in total. The van der Waals surface area contributed by atoms with E-state index in [1.807, 2.05) is 12.1 Å². The predicted octanol–water partition coefficient (Wildman–Crippen LogP) is 3.14. The Labute approximate surface area is 216 Å². The van der Waals surface area contributed by atoms with Crippen LogP contribution in [-0.4, -0.2) is 96.4 Å². The van der Waals surface area contributed by atoms with Crippen LogP contribution in [0.25, 0.3) is 0 Å². The maximum atomic E-state index is 15.5. The van der Waals surface area contributed by atoms with Crippen molar-refractivity contribution in [1.29, 1.82) is 0 Å². The first kappa shape index (κ1) is 25.7. The second-order valence-corrected chi connectivity index (χ2v) is 11.6. The lowest BCUT2D eigenvalue weighted by Gasteiger charge is -2.44. The van der Waals surface area contributed by atoms with Gasteiger partial charge in [0.05, 0.1) is 6.10 Å². The number of hydrogen-bond acceptors (Lipinski definition) is 6. The van der Waals surface area contributed by atoms with Gasteiger partial charge in [-0.3, -0.25) is 9.80 Å². The number of piperazine rings is 1. The topological polar surface area (TPSA) is 59.2 Å². The van der Waals surface area contributed by atoms with E-state index < -0.39 is 6.10 Å². The van der Waals surface area contributed by atoms with Crippen molar-refractivity contribution in [3.05, 3.63) is 53.5 Å². The van der Waals surface area contributed by atoms with Crippen LogP contribution in [0.2, 0.25) is 0 Å². The van der Waals surface area contributed by atoms with E-state index in [9.17, 15) is 5.11 Å². The fourth-order valence-electron chi connectivity index (χ4n) is 6.78. The highest BCUT2D eigenvalue weighted by molar-refractivity contribution is 5.49. The molecule has 3 N–H and O–H groups in total. The number of benzene rings is 1. The first-order valence-corrected chi connectivity index (χ1v) is 13.9. The van der Waals surface area contributed by atoms with Crippen LogP contribution in [0, 0.1) is 5.82 Å². The Balaban J connectivity index is 1.30. The minimum absolute atomic E-state index is 0.0771. The molecule has 2 saturated heterocycles. The van der Waals surface area contributed by atoms with E-state index in [1.54, 1.807) is 6.07 Å². The molecule has 3 aliphatic heterocycles. The average molecular weight is 498 g/mol. The van der Waals surface area contributed by atoms with Crippen LogP contribution < -0.4 is 10.6 Å². The molecular formula is C29H44FN5O. The molecule has 5 rings (SSSR count). The Morgan fingerprint density at radius 1 is 1.08 bits per heavy atom. The molecule has 36 heavy (non-hydrogen) atoms.